The van der Waals surface area contributed by atoms with Crippen LogP contribution < -0.4 is 5.32 Å². The molecule has 0 aliphatic heterocycles. The molecule has 1 aromatic carbocycles. The summed E-state index contributed by atoms with van der Waals surface area (Å²) in [5, 5.41) is 2.92. The van der Waals surface area contributed by atoms with E-state index in [9.17, 15) is 13.2 Å². The Labute approximate surface area is 117 Å². The summed E-state index contributed by atoms with van der Waals surface area (Å²) >= 11 is 0. The van der Waals surface area contributed by atoms with Gasteiger partial charge in [0.2, 0.25) is 0 Å². The highest BCUT2D eigenvalue weighted by Gasteiger charge is 2.39. The average molecular weight is 302 g/mol. The van der Waals surface area contributed by atoms with Crippen LogP contribution >= 0.6 is 10.7 Å². The van der Waals surface area contributed by atoms with Gasteiger partial charge in [-0.3, -0.25) is 4.79 Å². The summed E-state index contributed by atoms with van der Waals surface area (Å²) in [5.74, 6) is -0.237. The number of rotatable bonds is 4. The van der Waals surface area contributed by atoms with E-state index in [0.717, 1.165) is 18.4 Å². The van der Waals surface area contributed by atoms with Gasteiger partial charge in [-0.2, -0.15) is 0 Å². The van der Waals surface area contributed by atoms with Crippen LogP contribution in [0.5, 0.6) is 0 Å². The highest BCUT2D eigenvalue weighted by Crippen LogP contribution is 2.34. The Kier molecular flexibility index (Phi) is 3.62. The Bertz CT molecular complexity index is 621. The van der Waals surface area contributed by atoms with Crippen LogP contribution in [0.1, 0.15) is 42.6 Å². The number of halogens is 1. The molecule has 0 aromatic heterocycles. The van der Waals surface area contributed by atoms with Crippen molar-refractivity contribution in [3.05, 3.63) is 29.3 Å². The molecule has 0 heterocycles. The number of aryl methyl sites for hydroxylation is 1. The molecule has 19 heavy (non-hydrogen) atoms. The number of carbonyl (C=O) groups excluding carboxylic acids is 1. The molecule has 6 heteroatoms. The number of hydrogen-bond donors (Lipinski definition) is 1. The number of benzene rings is 1. The van der Waals surface area contributed by atoms with Crippen molar-refractivity contribution >= 4 is 25.6 Å². The average Bonchev–Trinajstić information content (AvgIpc) is 3.04. The predicted octanol–water partition coefficient (Wildman–Crippen LogP) is 2.46. The maximum Gasteiger partial charge on any atom is 0.261 e. The molecule has 1 aliphatic rings. The van der Waals surface area contributed by atoms with Gasteiger partial charge in [-0.25, -0.2) is 8.42 Å². The molecule has 0 saturated heterocycles. The van der Waals surface area contributed by atoms with Crippen LogP contribution in [0.2, 0.25) is 0 Å². The molecular formula is C13H16ClNO3S. The first-order chi connectivity index (χ1) is 8.75. The van der Waals surface area contributed by atoms with E-state index >= 15 is 0 Å². The SMILES string of the molecule is CCc1ccc(S(=O)(=O)Cl)cc1C(=O)NC1(C)CC1. The summed E-state index contributed by atoms with van der Waals surface area (Å²) in [6, 6.07) is 4.42. The van der Waals surface area contributed by atoms with Gasteiger partial charge in [0.25, 0.3) is 15.0 Å². The lowest BCUT2D eigenvalue weighted by atomic mass is 10.0. The Morgan fingerprint density at radius 1 is 1.42 bits per heavy atom. The molecule has 0 bridgehead atoms. The normalized spacial score (nSPS) is 17.0. The Morgan fingerprint density at radius 3 is 2.53 bits per heavy atom. The molecule has 0 unspecified atom stereocenters. The van der Waals surface area contributed by atoms with E-state index in [4.69, 9.17) is 10.7 Å². The van der Waals surface area contributed by atoms with E-state index in [0.29, 0.717) is 12.0 Å². The summed E-state index contributed by atoms with van der Waals surface area (Å²) in [4.78, 5) is 12.2. The third-order valence-corrected chi connectivity index (χ3v) is 4.76. The van der Waals surface area contributed by atoms with Crippen molar-refractivity contribution in [2.45, 2.75) is 43.5 Å². The van der Waals surface area contributed by atoms with Crippen molar-refractivity contribution in [3.8, 4) is 0 Å². The van der Waals surface area contributed by atoms with Gasteiger partial charge in [-0.1, -0.05) is 13.0 Å². The van der Waals surface area contributed by atoms with Crippen LogP contribution in [-0.2, 0) is 15.5 Å². The van der Waals surface area contributed by atoms with Gasteiger partial charge in [-0.15, -0.1) is 0 Å². The molecule has 2 rings (SSSR count). The van der Waals surface area contributed by atoms with Gasteiger partial charge in [0.05, 0.1) is 4.90 Å². The van der Waals surface area contributed by atoms with Gasteiger partial charge >= 0.3 is 0 Å². The second kappa shape index (κ2) is 4.80. The standard InChI is InChI=1S/C13H16ClNO3S/c1-3-9-4-5-10(19(14,17)18)8-11(9)12(16)15-13(2)6-7-13/h4-5,8H,3,6-7H2,1-2H3,(H,15,16). The van der Waals surface area contributed by atoms with Crippen LogP contribution in [0.15, 0.2) is 23.1 Å². The fourth-order valence-electron chi connectivity index (χ4n) is 1.88. The van der Waals surface area contributed by atoms with E-state index in [1.807, 2.05) is 13.8 Å². The minimum atomic E-state index is -3.82. The fraction of sp³-hybridized carbons (Fsp3) is 0.462. The molecule has 104 valence electrons. The maximum absolute atomic E-state index is 12.2. The van der Waals surface area contributed by atoms with Gasteiger partial charge in [0, 0.05) is 21.8 Å². The first-order valence-electron chi connectivity index (χ1n) is 6.15. The van der Waals surface area contributed by atoms with Crippen molar-refractivity contribution in [3.63, 3.8) is 0 Å². The molecule has 0 atom stereocenters. The summed E-state index contributed by atoms with van der Waals surface area (Å²) < 4.78 is 22.7. The Morgan fingerprint density at radius 2 is 2.05 bits per heavy atom. The molecule has 1 aliphatic carbocycles. The lowest BCUT2D eigenvalue weighted by molar-refractivity contribution is 0.0934. The summed E-state index contributed by atoms with van der Waals surface area (Å²) in [6.07, 6.45) is 2.56. The molecule has 1 saturated carbocycles. The number of amides is 1. The molecule has 1 fully saturated rings. The third kappa shape index (κ3) is 3.28. The molecule has 1 N–H and O–H groups in total. The van der Waals surface area contributed by atoms with Crippen LogP contribution in [-0.4, -0.2) is 19.9 Å². The second-order valence-electron chi connectivity index (χ2n) is 5.13. The number of hydrogen-bond acceptors (Lipinski definition) is 3. The largest absolute Gasteiger partial charge is 0.347 e. The third-order valence-electron chi connectivity index (χ3n) is 3.40. The smallest absolute Gasteiger partial charge is 0.261 e. The van der Waals surface area contributed by atoms with Crippen molar-refractivity contribution in [2.75, 3.05) is 0 Å². The minimum Gasteiger partial charge on any atom is -0.347 e. The predicted molar refractivity (Wildman–Crippen MR) is 74.0 cm³/mol. The molecular weight excluding hydrogens is 286 g/mol. The topological polar surface area (TPSA) is 63.2 Å². The lowest BCUT2D eigenvalue weighted by Gasteiger charge is -2.14. The van der Waals surface area contributed by atoms with Gasteiger partial charge < -0.3 is 5.32 Å². The summed E-state index contributed by atoms with van der Waals surface area (Å²) in [6.45, 7) is 3.89. The van der Waals surface area contributed by atoms with Crippen molar-refractivity contribution in [1.29, 1.82) is 0 Å². The summed E-state index contributed by atoms with van der Waals surface area (Å²) in [7, 11) is 1.50. The van der Waals surface area contributed by atoms with Crippen molar-refractivity contribution in [1.82, 2.24) is 5.32 Å². The monoisotopic (exact) mass is 301 g/mol. The highest BCUT2D eigenvalue weighted by atomic mass is 35.7. The van der Waals surface area contributed by atoms with Gasteiger partial charge in [-0.05, 0) is 43.9 Å². The Hall–Kier alpha value is -1.07. The molecule has 4 nitrogen and oxygen atoms in total. The quantitative estimate of drug-likeness (QED) is 0.869. The maximum atomic E-state index is 12.2. The Balaban J connectivity index is 2.38. The van der Waals surface area contributed by atoms with E-state index < -0.39 is 9.05 Å². The highest BCUT2D eigenvalue weighted by molar-refractivity contribution is 8.13. The molecule has 1 amide bonds. The first-order valence-corrected chi connectivity index (χ1v) is 8.46. The van der Waals surface area contributed by atoms with Gasteiger partial charge in [0.15, 0.2) is 0 Å². The second-order valence-corrected chi connectivity index (χ2v) is 7.69. The van der Waals surface area contributed by atoms with Crippen LogP contribution in [0, 0.1) is 0 Å². The first kappa shape index (κ1) is 14.3. The van der Waals surface area contributed by atoms with Crippen molar-refractivity contribution < 1.29 is 13.2 Å². The van der Waals surface area contributed by atoms with E-state index in [-0.39, 0.29) is 16.3 Å². The fourth-order valence-corrected chi connectivity index (χ4v) is 2.66. The zero-order valence-corrected chi connectivity index (χ0v) is 12.4. The molecule has 1 aromatic rings. The van der Waals surface area contributed by atoms with Crippen LogP contribution in [0.25, 0.3) is 0 Å². The van der Waals surface area contributed by atoms with E-state index in [2.05, 4.69) is 5.32 Å². The summed E-state index contributed by atoms with van der Waals surface area (Å²) in [5.41, 5.74) is 1.06. The molecule has 0 radical (unpaired) electrons. The minimum absolute atomic E-state index is 0.0440. The van der Waals surface area contributed by atoms with E-state index in [1.54, 1.807) is 6.07 Å². The van der Waals surface area contributed by atoms with Crippen LogP contribution in [0.4, 0.5) is 0 Å². The van der Waals surface area contributed by atoms with Crippen molar-refractivity contribution in [2.24, 2.45) is 0 Å². The van der Waals surface area contributed by atoms with E-state index in [1.165, 1.54) is 12.1 Å². The lowest BCUT2D eigenvalue weighted by Crippen LogP contribution is -2.34. The van der Waals surface area contributed by atoms with Gasteiger partial charge in [0.1, 0.15) is 0 Å². The number of nitrogens with one attached hydrogen (secondary N) is 1. The number of carbonyl (C=O) groups is 1. The van der Waals surface area contributed by atoms with Crippen LogP contribution in [0.3, 0.4) is 0 Å². The zero-order chi connectivity index (χ0) is 14.3. The molecule has 0 spiro atoms. The zero-order valence-electron chi connectivity index (χ0n) is 10.9.